The van der Waals surface area contributed by atoms with Gasteiger partial charge in [-0.15, -0.1) is 0 Å². The molecule has 0 bridgehead atoms. The van der Waals surface area contributed by atoms with Crippen LogP contribution in [0, 0.1) is 6.92 Å². The molecule has 1 unspecified atom stereocenters. The maximum atomic E-state index is 11.9. The molecule has 1 heterocycles. The number of carbonyl (C=O) groups excluding carboxylic acids is 1. The van der Waals surface area contributed by atoms with Crippen LogP contribution in [0.4, 0.5) is 0 Å². The van der Waals surface area contributed by atoms with Crippen molar-refractivity contribution in [1.29, 1.82) is 0 Å². The Bertz CT molecular complexity index is 549. The molecule has 0 spiro atoms. The molecule has 20 heavy (non-hydrogen) atoms. The zero-order valence-corrected chi connectivity index (χ0v) is 12.0. The van der Waals surface area contributed by atoms with E-state index in [4.69, 9.17) is 0 Å². The molecule has 0 saturated carbocycles. The predicted octanol–water partition coefficient (Wildman–Crippen LogP) is 3.20. The smallest absolute Gasteiger partial charge is 0.220 e. The van der Waals surface area contributed by atoms with Gasteiger partial charge in [0.25, 0.3) is 0 Å². The Morgan fingerprint density at radius 1 is 1.25 bits per heavy atom. The summed E-state index contributed by atoms with van der Waals surface area (Å²) < 4.78 is 0. The van der Waals surface area contributed by atoms with Gasteiger partial charge in [0.2, 0.25) is 5.91 Å². The Labute approximate surface area is 120 Å². The van der Waals surface area contributed by atoms with Crippen LogP contribution in [0.1, 0.15) is 36.1 Å². The van der Waals surface area contributed by atoms with Crippen molar-refractivity contribution in [1.82, 2.24) is 10.3 Å². The van der Waals surface area contributed by atoms with Crippen molar-refractivity contribution in [3.8, 4) is 0 Å². The van der Waals surface area contributed by atoms with Crippen LogP contribution in [0.3, 0.4) is 0 Å². The summed E-state index contributed by atoms with van der Waals surface area (Å²) in [5.74, 6) is 0.0712. The molecular formula is C17H20N2O. The first-order valence-corrected chi connectivity index (χ1v) is 6.90. The molecule has 1 aromatic heterocycles. The summed E-state index contributed by atoms with van der Waals surface area (Å²) in [5.41, 5.74) is 3.44. The summed E-state index contributed by atoms with van der Waals surface area (Å²) in [6, 6.07) is 12.2. The minimum Gasteiger partial charge on any atom is -0.350 e. The maximum absolute atomic E-state index is 11.9. The highest BCUT2D eigenvalue weighted by Gasteiger charge is 2.09. The van der Waals surface area contributed by atoms with Crippen molar-refractivity contribution >= 4 is 5.91 Å². The van der Waals surface area contributed by atoms with E-state index < -0.39 is 0 Å². The first-order chi connectivity index (χ1) is 9.65. The molecule has 0 aliphatic rings. The highest BCUT2D eigenvalue weighted by atomic mass is 16.1. The van der Waals surface area contributed by atoms with Gasteiger partial charge in [0.15, 0.2) is 0 Å². The first-order valence-electron chi connectivity index (χ1n) is 6.90. The molecule has 1 N–H and O–H groups in total. The second-order valence-corrected chi connectivity index (χ2v) is 5.06. The lowest BCUT2D eigenvalue weighted by atomic mass is 10.1. The van der Waals surface area contributed by atoms with Crippen LogP contribution in [0.2, 0.25) is 0 Å². The lowest BCUT2D eigenvalue weighted by Gasteiger charge is -2.14. The summed E-state index contributed by atoms with van der Waals surface area (Å²) >= 11 is 0. The molecule has 3 heteroatoms. The van der Waals surface area contributed by atoms with Crippen LogP contribution >= 0.6 is 0 Å². The number of aromatic nitrogens is 1. The van der Waals surface area contributed by atoms with Crippen molar-refractivity contribution in [2.45, 2.75) is 32.7 Å². The highest BCUT2D eigenvalue weighted by Crippen LogP contribution is 2.13. The van der Waals surface area contributed by atoms with E-state index in [1.807, 2.05) is 19.1 Å². The number of rotatable bonds is 5. The third-order valence-corrected chi connectivity index (χ3v) is 3.32. The molecule has 3 nitrogen and oxygen atoms in total. The van der Waals surface area contributed by atoms with Gasteiger partial charge in [0.1, 0.15) is 0 Å². The fourth-order valence-corrected chi connectivity index (χ4v) is 2.06. The van der Waals surface area contributed by atoms with Gasteiger partial charge in [0.05, 0.1) is 6.04 Å². The van der Waals surface area contributed by atoms with Crippen LogP contribution < -0.4 is 5.32 Å². The Hall–Kier alpha value is -2.16. The summed E-state index contributed by atoms with van der Waals surface area (Å²) in [4.78, 5) is 16.0. The van der Waals surface area contributed by atoms with E-state index in [1.54, 1.807) is 12.4 Å². The Morgan fingerprint density at radius 2 is 2.00 bits per heavy atom. The number of nitrogens with zero attached hydrogens (tertiary/aromatic N) is 1. The Kier molecular flexibility index (Phi) is 4.88. The molecule has 0 radical (unpaired) electrons. The molecule has 1 amide bonds. The largest absolute Gasteiger partial charge is 0.350 e. The molecule has 1 atom stereocenters. The van der Waals surface area contributed by atoms with Crippen molar-refractivity contribution in [2.24, 2.45) is 0 Å². The van der Waals surface area contributed by atoms with E-state index in [9.17, 15) is 4.79 Å². The number of hydrogen-bond acceptors (Lipinski definition) is 2. The maximum Gasteiger partial charge on any atom is 0.220 e. The molecule has 2 rings (SSSR count). The van der Waals surface area contributed by atoms with Gasteiger partial charge in [0, 0.05) is 18.8 Å². The van der Waals surface area contributed by atoms with Gasteiger partial charge in [-0.2, -0.15) is 0 Å². The van der Waals surface area contributed by atoms with Gasteiger partial charge in [-0.25, -0.2) is 0 Å². The zero-order chi connectivity index (χ0) is 14.4. The fourth-order valence-electron chi connectivity index (χ4n) is 2.06. The van der Waals surface area contributed by atoms with E-state index in [1.165, 1.54) is 5.56 Å². The van der Waals surface area contributed by atoms with Crippen LogP contribution in [-0.2, 0) is 11.2 Å². The third-order valence-electron chi connectivity index (χ3n) is 3.32. The Balaban J connectivity index is 1.83. The van der Waals surface area contributed by atoms with Crippen LogP contribution in [0.25, 0.3) is 0 Å². The van der Waals surface area contributed by atoms with Crippen molar-refractivity contribution in [3.05, 3.63) is 65.5 Å². The molecule has 0 aliphatic heterocycles. The first kappa shape index (κ1) is 14.3. The molecule has 0 saturated heterocycles. The number of nitrogens with one attached hydrogen (secondary N) is 1. The minimum absolute atomic E-state index is 0.0389. The minimum atomic E-state index is 0.0389. The number of amides is 1. The average molecular weight is 268 g/mol. The number of pyridine rings is 1. The van der Waals surface area contributed by atoms with E-state index in [0.717, 1.165) is 17.5 Å². The summed E-state index contributed by atoms with van der Waals surface area (Å²) in [5, 5.41) is 3.03. The molecule has 1 aromatic carbocycles. The van der Waals surface area contributed by atoms with E-state index in [-0.39, 0.29) is 11.9 Å². The third kappa shape index (κ3) is 4.19. The predicted molar refractivity (Wildman–Crippen MR) is 80.3 cm³/mol. The van der Waals surface area contributed by atoms with Gasteiger partial charge >= 0.3 is 0 Å². The van der Waals surface area contributed by atoms with Crippen LogP contribution in [-0.4, -0.2) is 10.9 Å². The van der Waals surface area contributed by atoms with Gasteiger partial charge in [-0.3, -0.25) is 9.78 Å². The monoisotopic (exact) mass is 268 g/mol. The molecular weight excluding hydrogens is 248 g/mol. The number of hydrogen-bond donors (Lipinski definition) is 1. The van der Waals surface area contributed by atoms with Crippen molar-refractivity contribution < 1.29 is 4.79 Å². The van der Waals surface area contributed by atoms with Crippen LogP contribution in [0.15, 0.2) is 48.8 Å². The second-order valence-electron chi connectivity index (χ2n) is 5.06. The van der Waals surface area contributed by atoms with Gasteiger partial charge in [-0.1, -0.05) is 35.9 Å². The standard InChI is InChI=1S/C17H20N2O/c1-13-5-8-16(9-6-13)14(2)19-17(20)10-7-15-4-3-11-18-12-15/h3-6,8-9,11-12,14H,7,10H2,1-2H3,(H,19,20). The lowest BCUT2D eigenvalue weighted by Crippen LogP contribution is -2.26. The average Bonchev–Trinajstić information content (AvgIpc) is 2.47. The zero-order valence-electron chi connectivity index (χ0n) is 12.0. The highest BCUT2D eigenvalue weighted by molar-refractivity contribution is 5.76. The topological polar surface area (TPSA) is 42.0 Å². The van der Waals surface area contributed by atoms with Crippen molar-refractivity contribution in [3.63, 3.8) is 0 Å². The van der Waals surface area contributed by atoms with Crippen molar-refractivity contribution in [2.75, 3.05) is 0 Å². The Morgan fingerprint density at radius 3 is 2.65 bits per heavy atom. The number of benzene rings is 1. The molecule has 0 fully saturated rings. The van der Waals surface area contributed by atoms with E-state index in [0.29, 0.717) is 6.42 Å². The summed E-state index contributed by atoms with van der Waals surface area (Å²) in [6.45, 7) is 4.06. The van der Waals surface area contributed by atoms with Gasteiger partial charge in [-0.05, 0) is 37.5 Å². The van der Waals surface area contributed by atoms with E-state index >= 15 is 0 Å². The quantitative estimate of drug-likeness (QED) is 0.904. The van der Waals surface area contributed by atoms with Gasteiger partial charge < -0.3 is 5.32 Å². The summed E-state index contributed by atoms with van der Waals surface area (Å²) in [6.07, 6.45) is 4.75. The van der Waals surface area contributed by atoms with Crippen LogP contribution in [0.5, 0.6) is 0 Å². The SMILES string of the molecule is Cc1ccc(C(C)NC(=O)CCc2cccnc2)cc1. The second kappa shape index (κ2) is 6.85. The lowest BCUT2D eigenvalue weighted by molar-refractivity contribution is -0.121. The normalized spacial score (nSPS) is 11.9. The number of aryl methyl sites for hydroxylation is 2. The van der Waals surface area contributed by atoms with E-state index in [2.05, 4.69) is 41.5 Å². The fraction of sp³-hybridized carbons (Fsp3) is 0.294. The molecule has 104 valence electrons. The summed E-state index contributed by atoms with van der Waals surface area (Å²) in [7, 11) is 0. The molecule has 2 aromatic rings. The number of carbonyl (C=O) groups is 1. The molecule has 0 aliphatic carbocycles.